The second-order valence-electron chi connectivity index (χ2n) is 9.18. The quantitative estimate of drug-likeness (QED) is 0.606. The third kappa shape index (κ3) is 3.68. The first-order valence-electron chi connectivity index (χ1n) is 11.2. The molecular weight excluding hydrogens is 416 g/mol. The summed E-state index contributed by atoms with van der Waals surface area (Å²) in [7, 11) is 0. The lowest BCUT2D eigenvalue weighted by Gasteiger charge is -2.42. The number of nitrogens with zero attached hydrogens (tertiary/aromatic N) is 1. The molecule has 1 atom stereocenters. The Morgan fingerprint density at radius 2 is 2.13 bits per heavy atom. The number of urea groups is 1. The number of amides is 2. The number of carbonyl (C=O) groups excluding carboxylic acids is 1. The van der Waals surface area contributed by atoms with Gasteiger partial charge in [-0.25, -0.2) is 9.78 Å². The second-order valence-corrected chi connectivity index (χ2v) is 9.59. The van der Waals surface area contributed by atoms with Crippen molar-refractivity contribution in [1.82, 2.24) is 15.6 Å². The summed E-state index contributed by atoms with van der Waals surface area (Å²) in [6, 6.07) is 1.58. The zero-order chi connectivity index (χ0) is 21.6. The number of anilines is 1. The molecule has 0 radical (unpaired) electrons. The summed E-state index contributed by atoms with van der Waals surface area (Å²) in [5.41, 5.74) is 4.54. The monoisotopic (exact) mass is 444 g/mol. The lowest BCUT2D eigenvalue weighted by Crippen LogP contribution is -2.52. The average Bonchev–Trinajstić information content (AvgIpc) is 3.38. The van der Waals surface area contributed by atoms with E-state index in [0.29, 0.717) is 33.6 Å². The van der Waals surface area contributed by atoms with E-state index in [9.17, 15) is 4.79 Å². The van der Waals surface area contributed by atoms with E-state index >= 15 is 0 Å². The highest BCUT2D eigenvalue weighted by Crippen LogP contribution is 2.48. The molecule has 7 nitrogen and oxygen atoms in total. The van der Waals surface area contributed by atoms with E-state index in [1.54, 1.807) is 6.07 Å². The molecule has 1 aromatic carbocycles. The molecule has 1 aliphatic carbocycles. The van der Waals surface area contributed by atoms with Gasteiger partial charge in [-0.15, -0.1) is 0 Å². The fourth-order valence-corrected chi connectivity index (χ4v) is 5.38. The number of fused-ring (bicyclic) bond motifs is 4. The molecule has 3 N–H and O–H groups in total. The molecule has 1 aromatic heterocycles. The molecule has 31 heavy (non-hydrogen) atoms. The van der Waals surface area contributed by atoms with Crippen LogP contribution in [0.15, 0.2) is 16.1 Å². The summed E-state index contributed by atoms with van der Waals surface area (Å²) >= 11 is 6.62. The third-order valence-corrected chi connectivity index (χ3v) is 7.01. The van der Waals surface area contributed by atoms with Crippen molar-refractivity contribution in [2.45, 2.75) is 57.9 Å². The van der Waals surface area contributed by atoms with Gasteiger partial charge in [-0.1, -0.05) is 30.9 Å². The number of nitrogens with one attached hydrogen (secondary N) is 3. The normalized spacial score (nSPS) is 22.2. The van der Waals surface area contributed by atoms with Crippen LogP contribution in [0.1, 0.15) is 63.8 Å². The number of oxazole rings is 1. The molecule has 3 heterocycles. The Labute approximate surface area is 186 Å². The maximum absolute atomic E-state index is 12.4. The number of rotatable bonds is 4. The highest BCUT2D eigenvalue weighted by molar-refractivity contribution is 6.35. The largest absolute Gasteiger partial charge is 0.434 e. The predicted molar refractivity (Wildman–Crippen MR) is 121 cm³/mol. The molecule has 1 saturated heterocycles. The average molecular weight is 445 g/mol. The Balaban J connectivity index is 1.59. The zero-order valence-corrected chi connectivity index (χ0v) is 18.8. The van der Waals surface area contributed by atoms with Crippen LogP contribution in [-0.2, 0) is 10.3 Å². The highest BCUT2D eigenvalue weighted by atomic mass is 35.5. The third-order valence-electron chi connectivity index (χ3n) is 6.72. The summed E-state index contributed by atoms with van der Waals surface area (Å²) in [6.07, 6.45) is 6.08. The fraction of sp³-hybridized carbons (Fsp3) is 0.565. The van der Waals surface area contributed by atoms with E-state index in [0.717, 1.165) is 68.7 Å². The van der Waals surface area contributed by atoms with E-state index in [1.165, 1.54) is 6.42 Å². The minimum atomic E-state index is -0.463. The molecule has 8 heteroatoms. The van der Waals surface area contributed by atoms with Crippen molar-refractivity contribution in [3.8, 4) is 0 Å². The first-order chi connectivity index (χ1) is 15.0. The van der Waals surface area contributed by atoms with E-state index < -0.39 is 5.54 Å². The Morgan fingerprint density at radius 1 is 1.32 bits per heavy atom. The molecule has 3 aliphatic rings. The first kappa shape index (κ1) is 20.6. The van der Waals surface area contributed by atoms with Crippen LogP contribution in [0.2, 0.25) is 5.02 Å². The molecular formula is C23H29ClN4O3. The summed E-state index contributed by atoms with van der Waals surface area (Å²) in [5.74, 6) is 1.05. The molecule has 0 bridgehead atoms. The number of hydrogen-bond acceptors (Lipinski definition) is 5. The van der Waals surface area contributed by atoms with Gasteiger partial charge >= 0.3 is 6.03 Å². The van der Waals surface area contributed by atoms with Gasteiger partial charge in [-0.3, -0.25) is 0 Å². The van der Waals surface area contributed by atoms with Crippen LogP contribution in [0, 0.1) is 5.92 Å². The number of halogens is 1. The molecule has 1 unspecified atom stereocenters. The Morgan fingerprint density at radius 3 is 2.84 bits per heavy atom. The molecule has 2 aromatic rings. The van der Waals surface area contributed by atoms with Gasteiger partial charge < -0.3 is 25.1 Å². The van der Waals surface area contributed by atoms with Gasteiger partial charge in [-0.2, -0.15) is 0 Å². The van der Waals surface area contributed by atoms with Crippen molar-refractivity contribution in [3.05, 3.63) is 28.1 Å². The van der Waals surface area contributed by atoms with Gasteiger partial charge in [0.05, 0.1) is 28.6 Å². The molecule has 2 aliphatic heterocycles. The summed E-state index contributed by atoms with van der Waals surface area (Å²) in [6.45, 7) is 6.53. The van der Waals surface area contributed by atoms with Gasteiger partial charge in [0.15, 0.2) is 5.58 Å². The van der Waals surface area contributed by atoms with Crippen LogP contribution < -0.4 is 16.0 Å². The zero-order valence-electron chi connectivity index (χ0n) is 18.1. The van der Waals surface area contributed by atoms with Crippen LogP contribution in [0.25, 0.3) is 16.8 Å². The smallest absolute Gasteiger partial charge is 0.319 e. The van der Waals surface area contributed by atoms with Gasteiger partial charge in [0.2, 0.25) is 5.89 Å². The predicted octanol–water partition coefficient (Wildman–Crippen LogP) is 5.15. The molecule has 1 spiro atoms. The van der Waals surface area contributed by atoms with Crippen molar-refractivity contribution in [2.24, 2.45) is 5.92 Å². The van der Waals surface area contributed by atoms with E-state index in [4.69, 9.17) is 25.7 Å². The summed E-state index contributed by atoms with van der Waals surface area (Å²) in [5, 5.41) is 10.1. The van der Waals surface area contributed by atoms with Crippen LogP contribution >= 0.6 is 11.6 Å². The lowest BCUT2D eigenvalue weighted by molar-refractivity contribution is 0.186. The molecule has 2 amide bonds. The SMILES string of the molecule is CC(C)=C(NCC1CCOC1)c1nc2cc(Cl)c3c(c2o1)C1(CCCCC1)NC(=O)N3. The van der Waals surface area contributed by atoms with Crippen LogP contribution in [0.4, 0.5) is 10.5 Å². The maximum Gasteiger partial charge on any atom is 0.319 e. The Hall–Kier alpha value is -2.25. The minimum absolute atomic E-state index is 0.208. The van der Waals surface area contributed by atoms with Crippen molar-refractivity contribution < 1.29 is 13.9 Å². The summed E-state index contributed by atoms with van der Waals surface area (Å²) < 4.78 is 11.9. The number of allylic oxidation sites excluding steroid dienone is 1. The fourth-order valence-electron chi connectivity index (χ4n) is 5.13. The Kier molecular flexibility index (Phi) is 5.34. The van der Waals surface area contributed by atoms with Gasteiger partial charge in [0, 0.05) is 24.6 Å². The number of ether oxygens (including phenoxy) is 1. The Bertz CT molecular complexity index is 1040. The van der Waals surface area contributed by atoms with Crippen LogP contribution in [0.5, 0.6) is 0 Å². The van der Waals surface area contributed by atoms with Crippen molar-refractivity contribution in [3.63, 3.8) is 0 Å². The number of hydrogen-bond donors (Lipinski definition) is 3. The van der Waals surface area contributed by atoms with Crippen LogP contribution in [0.3, 0.4) is 0 Å². The van der Waals surface area contributed by atoms with E-state index in [-0.39, 0.29) is 6.03 Å². The topological polar surface area (TPSA) is 88.4 Å². The highest BCUT2D eigenvalue weighted by Gasteiger charge is 2.44. The number of carbonyl (C=O) groups is 1. The molecule has 5 rings (SSSR count). The summed E-state index contributed by atoms with van der Waals surface area (Å²) in [4.78, 5) is 17.2. The van der Waals surface area contributed by atoms with Gasteiger partial charge in [-0.05, 0) is 44.7 Å². The maximum atomic E-state index is 12.4. The van der Waals surface area contributed by atoms with Crippen molar-refractivity contribution >= 4 is 40.1 Å². The molecule has 1 saturated carbocycles. The first-order valence-corrected chi connectivity index (χ1v) is 11.6. The van der Waals surface area contributed by atoms with E-state index in [2.05, 4.69) is 29.8 Å². The second kappa shape index (κ2) is 8.02. The lowest BCUT2D eigenvalue weighted by atomic mass is 9.74. The minimum Gasteiger partial charge on any atom is -0.434 e. The molecule has 166 valence electrons. The van der Waals surface area contributed by atoms with Gasteiger partial charge in [0.1, 0.15) is 5.52 Å². The van der Waals surface area contributed by atoms with Crippen molar-refractivity contribution in [1.29, 1.82) is 0 Å². The number of benzene rings is 1. The van der Waals surface area contributed by atoms with Gasteiger partial charge in [0.25, 0.3) is 0 Å². The number of aromatic nitrogens is 1. The van der Waals surface area contributed by atoms with Crippen molar-refractivity contribution in [2.75, 3.05) is 25.1 Å². The van der Waals surface area contributed by atoms with Crippen LogP contribution in [-0.4, -0.2) is 30.8 Å². The van der Waals surface area contributed by atoms with E-state index in [1.807, 2.05) is 0 Å². The standard InChI is InChI=1S/C23H29ClN4O3/c1-13(2)18(25-11-14-6-9-30-12-14)21-26-16-10-15(24)19-17(20(16)31-21)23(28-22(29)27-19)7-4-3-5-8-23/h10,14,25H,3-9,11-12H2,1-2H3,(H2,27,28,29). The molecule has 2 fully saturated rings.